The van der Waals surface area contributed by atoms with Crippen LogP contribution in [0.25, 0.3) is 0 Å². The second-order valence-corrected chi connectivity index (χ2v) is 11.7. The molecule has 0 aromatic carbocycles. The largest absolute Gasteiger partial charge is 0.436 e. The highest BCUT2D eigenvalue weighted by atomic mass is 28.4. The molecule has 0 radical (unpaired) electrons. The number of carbonyl (C=O) groups is 1. The van der Waals surface area contributed by atoms with Gasteiger partial charge in [0.25, 0.3) is 0 Å². The maximum atomic E-state index is 11.9. The highest BCUT2D eigenvalue weighted by molar-refractivity contribution is 6.70. The Morgan fingerprint density at radius 2 is 2.00 bits per heavy atom. The first-order valence-corrected chi connectivity index (χ1v) is 10.8. The molecule has 0 rings (SSSR count). The number of hydrogen-bond acceptors (Lipinski definition) is 5. The van der Waals surface area contributed by atoms with Crippen LogP contribution in [-0.2, 0) is 14.0 Å². The normalized spacial score (nSPS) is 16.7. The first-order valence-electron chi connectivity index (χ1n) is 6.43. The average molecular weight is 307 g/mol. The van der Waals surface area contributed by atoms with E-state index in [9.17, 15) is 9.90 Å². The van der Waals surface area contributed by atoms with Gasteiger partial charge in [0.05, 0.1) is 23.0 Å². The predicted molar refractivity (Wildman–Crippen MR) is 80.3 cm³/mol. The summed E-state index contributed by atoms with van der Waals surface area (Å²) in [5, 5.41) is 18.0. The second-order valence-electron chi connectivity index (χ2n) is 5.74. The van der Waals surface area contributed by atoms with Gasteiger partial charge in [0.15, 0.2) is 13.7 Å². The van der Waals surface area contributed by atoms with Gasteiger partial charge in [-0.15, -0.1) is 0 Å². The molecule has 0 aliphatic rings. The molecule has 0 aliphatic carbocycles. The van der Waals surface area contributed by atoms with Crippen molar-refractivity contribution in [1.29, 1.82) is 0 Å². The molecule has 5 nitrogen and oxygen atoms in total. The topological polar surface area (TPSA) is 76.0 Å². The van der Waals surface area contributed by atoms with Crippen LogP contribution in [0, 0.1) is 0 Å². The van der Waals surface area contributed by atoms with E-state index in [1.807, 2.05) is 26.6 Å². The van der Waals surface area contributed by atoms with Gasteiger partial charge in [0, 0.05) is 18.4 Å². The molecule has 0 saturated carbocycles. The number of hydrogen-bond donors (Lipinski definition) is 2. The molecule has 19 heavy (non-hydrogen) atoms. The molecule has 0 aromatic rings. The molecule has 0 amide bonds. The molecule has 0 spiro atoms. The zero-order chi connectivity index (χ0) is 15.3. The Morgan fingerprint density at radius 1 is 1.47 bits per heavy atom. The summed E-state index contributed by atoms with van der Waals surface area (Å²) >= 11 is 0. The quantitative estimate of drug-likeness (QED) is 0.288. The van der Waals surface area contributed by atoms with E-state index in [1.54, 1.807) is 0 Å². The van der Waals surface area contributed by atoms with Gasteiger partial charge in [-0.25, -0.2) is 4.79 Å². The van der Waals surface area contributed by atoms with Crippen LogP contribution in [0.5, 0.6) is 0 Å². The molecular formula is C12H26O5Si2. The lowest BCUT2D eigenvalue weighted by Gasteiger charge is -2.35. The van der Waals surface area contributed by atoms with Crippen molar-refractivity contribution < 1.29 is 24.2 Å². The standard InChI is InChI=1S/C12H26O5Si2/c1-6-12(18,17-19(3,4)5)16-11(15)9(2)7-10(14)8-13/h10,13-14H,2,6-8H2,1,3-5,18H3. The highest BCUT2D eigenvalue weighted by Gasteiger charge is 2.33. The SMILES string of the molecule is C=C(CC(O)CO)C(=O)OC([SiH3])(CC)O[Si](C)(C)C. The summed E-state index contributed by atoms with van der Waals surface area (Å²) in [4.78, 5) is 11.9. The number of aliphatic hydroxyl groups excluding tert-OH is 2. The van der Waals surface area contributed by atoms with E-state index in [1.165, 1.54) is 0 Å². The van der Waals surface area contributed by atoms with Crippen molar-refractivity contribution in [2.45, 2.75) is 50.9 Å². The summed E-state index contributed by atoms with van der Waals surface area (Å²) in [6, 6.07) is 0. The van der Waals surface area contributed by atoms with Crippen molar-refractivity contribution in [3.05, 3.63) is 12.2 Å². The minimum Gasteiger partial charge on any atom is -0.436 e. The van der Waals surface area contributed by atoms with E-state index >= 15 is 0 Å². The van der Waals surface area contributed by atoms with E-state index in [4.69, 9.17) is 14.3 Å². The number of esters is 1. The minimum absolute atomic E-state index is 0.00360. The van der Waals surface area contributed by atoms with E-state index in [-0.39, 0.29) is 12.0 Å². The molecule has 0 saturated heterocycles. The Bertz CT molecular complexity index is 327. The Hall–Kier alpha value is -0.476. The maximum absolute atomic E-state index is 11.9. The van der Waals surface area contributed by atoms with Crippen molar-refractivity contribution in [1.82, 2.24) is 0 Å². The van der Waals surface area contributed by atoms with E-state index < -0.39 is 32.4 Å². The van der Waals surface area contributed by atoms with E-state index in [2.05, 4.69) is 6.58 Å². The van der Waals surface area contributed by atoms with Gasteiger partial charge in [-0.3, -0.25) is 0 Å². The molecule has 0 aromatic heterocycles. The molecular weight excluding hydrogens is 280 g/mol. The van der Waals surface area contributed by atoms with Crippen LogP contribution in [0.4, 0.5) is 0 Å². The molecule has 0 aliphatic heterocycles. The Labute approximate surface area is 119 Å². The van der Waals surface area contributed by atoms with Crippen LogP contribution < -0.4 is 0 Å². The van der Waals surface area contributed by atoms with Crippen molar-refractivity contribution in [3.63, 3.8) is 0 Å². The Morgan fingerprint density at radius 3 is 2.37 bits per heavy atom. The molecule has 0 bridgehead atoms. The van der Waals surface area contributed by atoms with Gasteiger partial charge < -0.3 is 19.4 Å². The molecule has 0 fully saturated rings. The van der Waals surface area contributed by atoms with Gasteiger partial charge in [-0.05, 0) is 19.6 Å². The number of ether oxygens (including phenoxy) is 1. The van der Waals surface area contributed by atoms with Gasteiger partial charge in [-0.2, -0.15) is 0 Å². The lowest BCUT2D eigenvalue weighted by atomic mass is 10.1. The van der Waals surface area contributed by atoms with Crippen LogP contribution in [0.3, 0.4) is 0 Å². The van der Waals surface area contributed by atoms with Gasteiger partial charge in [0.1, 0.15) is 0 Å². The summed E-state index contributed by atoms with van der Waals surface area (Å²) in [5.41, 5.74) is -0.691. The number of rotatable bonds is 8. The summed E-state index contributed by atoms with van der Waals surface area (Å²) in [5.74, 6) is -0.567. The maximum Gasteiger partial charge on any atom is 0.335 e. The molecule has 112 valence electrons. The van der Waals surface area contributed by atoms with E-state index in [0.717, 1.165) is 0 Å². The first kappa shape index (κ1) is 18.5. The van der Waals surface area contributed by atoms with Crippen LogP contribution in [0.1, 0.15) is 19.8 Å². The first-order chi connectivity index (χ1) is 8.53. The number of aliphatic hydroxyl groups is 2. The molecule has 2 N–H and O–H groups in total. The van der Waals surface area contributed by atoms with Crippen molar-refractivity contribution in [2.75, 3.05) is 6.61 Å². The lowest BCUT2D eigenvalue weighted by molar-refractivity contribution is -0.171. The van der Waals surface area contributed by atoms with Crippen LogP contribution >= 0.6 is 0 Å². The van der Waals surface area contributed by atoms with Crippen molar-refractivity contribution >= 4 is 24.5 Å². The summed E-state index contributed by atoms with van der Waals surface area (Å²) in [7, 11) is -1.26. The van der Waals surface area contributed by atoms with Crippen LogP contribution in [-0.4, -0.2) is 52.9 Å². The molecule has 2 atom stereocenters. The third-order valence-corrected chi connectivity index (χ3v) is 5.02. The fraction of sp³-hybridized carbons (Fsp3) is 0.750. The fourth-order valence-electron chi connectivity index (χ4n) is 1.51. The summed E-state index contributed by atoms with van der Waals surface area (Å²) < 4.78 is 11.3. The Kier molecular flexibility index (Phi) is 7.16. The average Bonchev–Trinajstić information content (AvgIpc) is 2.26. The zero-order valence-electron chi connectivity index (χ0n) is 12.5. The summed E-state index contributed by atoms with van der Waals surface area (Å²) in [6.45, 7) is 11.2. The minimum atomic E-state index is -1.82. The number of carbonyl (C=O) groups excluding carboxylic acids is 1. The van der Waals surface area contributed by atoms with Crippen molar-refractivity contribution in [3.8, 4) is 0 Å². The third kappa shape index (κ3) is 7.63. The van der Waals surface area contributed by atoms with Crippen LogP contribution in [0.2, 0.25) is 19.6 Å². The van der Waals surface area contributed by atoms with Gasteiger partial charge in [-0.1, -0.05) is 13.5 Å². The molecule has 2 unspecified atom stereocenters. The fourth-order valence-corrected chi connectivity index (χ4v) is 5.02. The van der Waals surface area contributed by atoms with Gasteiger partial charge in [0.2, 0.25) is 0 Å². The van der Waals surface area contributed by atoms with Gasteiger partial charge >= 0.3 is 5.97 Å². The predicted octanol–water partition coefficient (Wildman–Crippen LogP) is 0.110. The smallest absolute Gasteiger partial charge is 0.335 e. The molecule has 0 heterocycles. The molecule has 7 heteroatoms. The monoisotopic (exact) mass is 306 g/mol. The lowest BCUT2D eigenvalue weighted by Crippen LogP contribution is -2.46. The Balaban J connectivity index is 4.62. The van der Waals surface area contributed by atoms with Crippen LogP contribution in [0.15, 0.2) is 12.2 Å². The highest BCUT2D eigenvalue weighted by Crippen LogP contribution is 2.22. The zero-order valence-corrected chi connectivity index (χ0v) is 15.5. The van der Waals surface area contributed by atoms with Crippen molar-refractivity contribution in [2.24, 2.45) is 0 Å². The summed E-state index contributed by atoms with van der Waals surface area (Å²) in [6.07, 6.45) is -0.391. The third-order valence-electron chi connectivity index (χ3n) is 2.45. The second kappa shape index (κ2) is 7.34. The van der Waals surface area contributed by atoms with E-state index in [0.29, 0.717) is 16.7 Å².